The molecule has 156 valence electrons. The Morgan fingerprint density at radius 1 is 0.839 bits per heavy atom. The molecule has 0 spiro atoms. The molecule has 1 aliphatic rings. The molecule has 0 aliphatic carbocycles. The lowest BCUT2D eigenvalue weighted by Gasteiger charge is -2.47. The highest BCUT2D eigenvalue weighted by molar-refractivity contribution is 5.56. The van der Waals surface area contributed by atoms with Crippen LogP contribution in [0.1, 0.15) is 23.6 Å². The van der Waals surface area contributed by atoms with Crippen LogP contribution in [0.15, 0.2) is 115 Å². The van der Waals surface area contributed by atoms with Gasteiger partial charge in [-0.25, -0.2) is 0 Å². The largest absolute Gasteiger partial charge is 0.497 e. The van der Waals surface area contributed by atoms with Crippen LogP contribution in [-0.2, 0) is 15.1 Å². The zero-order valence-electron chi connectivity index (χ0n) is 17.7. The van der Waals surface area contributed by atoms with Crippen molar-refractivity contribution in [3.8, 4) is 0 Å². The molecule has 1 unspecified atom stereocenters. The molecule has 0 aromatic heterocycles. The van der Waals surface area contributed by atoms with Crippen molar-refractivity contribution in [2.45, 2.75) is 18.1 Å². The second kappa shape index (κ2) is 8.62. The first-order chi connectivity index (χ1) is 15.1. The quantitative estimate of drug-likeness (QED) is 0.449. The Morgan fingerprint density at radius 2 is 1.29 bits per heavy atom. The van der Waals surface area contributed by atoms with Gasteiger partial charge in [0.25, 0.3) is 0 Å². The lowest BCUT2D eigenvalue weighted by molar-refractivity contribution is -0.120. The van der Waals surface area contributed by atoms with Crippen molar-refractivity contribution in [3.63, 3.8) is 0 Å². The molecule has 0 radical (unpaired) electrons. The van der Waals surface area contributed by atoms with Crippen LogP contribution in [0.3, 0.4) is 0 Å². The smallest absolute Gasteiger partial charge is 0.215 e. The maximum Gasteiger partial charge on any atom is 0.215 e. The van der Waals surface area contributed by atoms with Gasteiger partial charge in [0.05, 0.1) is 12.6 Å². The molecule has 4 nitrogen and oxygen atoms in total. The van der Waals surface area contributed by atoms with Gasteiger partial charge in [-0.15, -0.1) is 0 Å². The SMILES string of the molecule is COC1=CC(C)(NC(c2ccccc2)(c2ccccc2)c2ccccc2)N(C=O)C=C1. The van der Waals surface area contributed by atoms with Gasteiger partial charge in [0.1, 0.15) is 11.4 Å². The van der Waals surface area contributed by atoms with Gasteiger partial charge < -0.3 is 4.74 Å². The van der Waals surface area contributed by atoms with E-state index in [2.05, 4.69) is 41.7 Å². The van der Waals surface area contributed by atoms with E-state index >= 15 is 0 Å². The summed E-state index contributed by atoms with van der Waals surface area (Å²) >= 11 is 0. The highest BCUT2D eigenvalue weighted by Gasteiger charge is 2.44. The fourth-order valence-electron chi connectivity index (χ4n) is 4.24. The molecular formula is C27H26N2O2. The van der Waals surface area contributed by atoms with Crippen LogP contribution >= 0.6 is 0 Å². The van der Waals surface area contributed by atoms with Crippen molar-refractivity contribution in [2.24, 2.45) is 0 Å². The summed E-state index contributed by atoms with van der Waals surface area (Å²) in [6, 6.07) is 30.9. The van der Waals surface area contributed by atoms with E-state index in [0.717, 1.165) is 23.1 Å². The molecule has 31 heavy (non-hydrogen) atoms. The van der Waals surface area contributed by atoms with Crippen molar-refractivity contribution < 1.29 is 9.53 Å². The van der Waals surface area contributed by atoms with Crippen LogP contribution in [0.2, 0.25) is 0 Å². The molecule has 3 aromatic rings. The molecule has 3 aromatic carbocycles. The number of benzene rings is 3. The summed E-state index contributed by atoms with van der Waals surface area (Å²) < 4.78 is 5.50. The van der Waals surface area contributed by atoms with E-state index < -0.39 is 11.2 Å². The zero-order chi connectivity index (χ0) is 21.7. The molecule has 1 amide bonds. The topological polar surface area (TPSA) is 41.6 Å². The van der Waals surface area contributed by atoms with Crippen molar-refractivity contribution in [2.75, 3.05) is 7.11 Å². The minimum absolute atomic E-state index is 0.691. The minimum atomic E-state index is -0.844. The third-order valence-corrected chi connectivity index (χ3v) is 5.77. The summed E-state index contributed by atoms with van der Waals surface area (Å²) in [7, 11) is 1.63. The third kappa shape index (κ3) is 3.78. The lowest BCUT2D eigenvalue weighted by Crippen LogP contribution is -2.62. The summed E-state index contributed by atoms with van der Waals surface area (Å²) in [5.41, 5.74) is 1.65. The molecule has 0 bridgehead atoms. The minimum Gasteiger partial charge on any atom is -0.497 e. The first-order valence-corrected chi connectivity index (χ1v) is 10.3. The number of nitrogens with zero attached hydrogens (tertiary/aromatic N) is 1. The second-order valence-corrected chi connectivity index (χ2v) is 7.70. The van der Waals surface area contributed by atoms with Gasteiger partial charge in [-0.1, -0.05) is 91.0 Å². The van der Waals surface area contributed by atoms with Gasteiger partial charge in [-0.05, 0) is 35.8 Å². The lowest BCUT2D eigenvalue weighted by atomic mass is 9.75. The van der Waals surface area contributed by atoms with Crippen molar-refractivity contribution in [3.05, 3.63) is 132 Å². The molecule has 1 heterocycles. The summed E-state index contributed by atoms with van der Waals surface area (Å²) in [6.07, 6.45) is 6.29. The number of allylic oxidation sites excluding steroid dienone is 1. The number of carbonyl (C=O) groups is 1. The Morgan fingerprint density at radius 3 is 1.68 bits per heavy atom. The van der Waals surface area contributed by atoms with Crippen LogP contribution < -0.4 is 5.32 Å². The molecule has 0 saturated carbocycles. The summed E-state index contributed by atoms with van der Waals surface area (Å²) in [5, 5.41) is 3.85. The monoisotopic (exact) mass is 410 g/mol. The van der Waals surface area contributed by atoms with Crippen molar-refractivity contribution in [1.29, 1.82) is 0 Å². The predicted molar refractivity (Wildman–Crippen MR) is 123 cm³/mol. The van der Waals surface area contributed by atoms with Crippen LogP contribution in [0.5, 0.6) is 0 Å². The predicted octanol–water partition coefficient (Wildman–Crippen LogP) is 4.80. The molecule has 1 N–H and O–H groups in total. The summed E-state index contributed by atoms with van der Waals surface area (Å²) in [4.78, 5) is 13.7. The molecule has 1 aliphatic heterocycles. The van der Waals surface area contributed by atoms with E-state index in [-0.39, 0.29) is 0 Å². The number of rotatable bonds is 7. The van der Waals surface area contributed by atoms with Gasteiger partial charge in [-0.2, -0.15) is 0 Å². The Labute approximate surface area is 183 Å². The molecule has 1 atom stereocenters. The fourth-order valence-corrected chi connectivity index (χ4v) is 4.24. The number of hydrogen-bond donors (Lipinski definition) is 1. The van der Waals surface area contributed by atoms with E-state index in [4.69, 9.17) is 4.74 Å². The maximum atomic E-state index is 12.0. The van der Waals surface area contributed by atoms with Gasteiger partial charge >= 0.3 is 0 Å². The van der Waals surface area contributed by atoms with Crippen LogP contribution in [-0.4, -0.2) is 24.1 Å². The standard InChI is InChI=1S/C27H26N2O2/c1-26(20-25(31-2)18-19-29(26)21-30)28-27(22-12-6-3-7-13-22,23-14-8-4-9-15-23)24-16-10-5-11-17-24/h3-21,28H,1-2H3. The highest BCUT2D eigenvalue weighted by atomic mass is 16.5. The normalized spacial score (nSPS) is 18.4. The van der Waals surface area contributed by atoms with Crippen LogP contribution in [0.4, 0.5) is 0 Å². The Hall–Kier alpha value is -3.63. The van der Waals surface area contributed by atoms with Gasteiger partial charge in [0.15, 0.2) is 0 Å². The van der Waals surface area contributed by atoms with Crippen molar-refractivity contribution >= 4 is 6.41 Å². The van der Waals surface area contributed by atoms with Gasteiger partial charge in [0, 0.05) is 6.20 Å². The van der Waals surface area contributed by atoms with Crippen LogP contribution in [0, 0.1) is 0 Å². The number of amides is 1. The fraction of sp³-hybridized carbons (Fsp3) is 0.148. The average molecular weight is 411 g/mol. The maximum absolute atomic E-state index is 12.0. The summed E-state index contributed by atoms with van der Waals surface area (Å²) in [6.45, 7) is 1.98. The third-order valence-electron chi connectivity index (χ3n) is 5.77. The summed E-state index contributed by atoms with van der Waals surface area (Å²) in [5.74, 6) is 0.691. The van der Waals surface area contributed by atoms with E-state index in [0.29, 0.717) is 5.76 Å². The number of hydrogen-bond acceptors (Lipinski definition) is 3. The first kappa shape index (κ1) is 20.6. The Bertz CT molecular complexity index is 981. The van der Waals surface area contributed by atoms with Gasteiger partial charge in [0.2, 0.25) is 6.41 Å². The van der Waals surface area contributed by atoms with Crippen LogP contribution in [0.25, 0.3) is 0 Å². The van der Waals surface area contributed by atoms with E-state index in [1.54, 1.807) is 24.3 Å². The Kier molecular flexibility index (Phi) is 5.74. The second-order valence-electron chi connectivity index (χ2n) is 7.70. The molecule has 0 fully saturated rings. The Balaban J connectivity index is 2.00. The molecule has 4 heteroatoms. The number of carbonyl (C=O) groups excluding carboxylic acids is 1. The van der Waals surface area contributed by atoms with E-state index in [1.807, 2.05) is 67.6 Å². The van der Waals surface area contributed by atoms with E-state index in [9.17, 15) is 4.79 Å². The van der Waals surface area contributed by atoms with Gasteiger partial charge in [-0.3, -0.25) is 15.0 Å². The zero-order valence-corrected chi connectivity index (χ0v) is 17.7. The average Bonchev–Trinajstić information content (AvgIpc) is 2.84. The molecule has 4 rings (SSSR count). The number of ether oxygens (including phenoxy) is 1. The molecular weight excluding hydrogens is 384 g/mol. The first-order valence-electron chi connectivity index (χ1n) is 10.3. The van der Waals surface area contributed by atoms with E-state index in [1.165, 1.54) is 0 Å². The number of methoxy groups -OCH3 is 1. The highest BCUT2D eigenvalue weighted by Crippen LogP contribution is 2.40. The number of nitrogens with one attached hydrogen (secondary N) is 1. The van der Waals surface area contributed by atoms with Crippen molar-refractivity contribution in [1.82, 2.24) is 10.2 Å². The molecule has 0 saturated heterocycles.